The molecular formula is C41H66GdN4O13+3. The molecule has 0 saturated heterocycles. The number of aliphatic carboxylic acids is 6. The van der Waals surface area contributed by atoms with E-state index in [0.29, 0.717) is 35.5 Å². The fourth-order valence-corrected chi connectivity index (χ4v) is 12.1. The molecule has 1 amide bonds. The summed E-state index contributed by atoms with van der Waals surface area (Å²) < 4.78 is 0. The molecule has 4 fully saturated rings. The number of carboxylic acids is 6. The van der Waals surface area contributed by atoms with Crippen molar-refractivity contribution in [2.45, 2.75) is 116 Å². The SMILES string of the molecule is CC(CCC(=O)O)C1CCC2C3CC[C@@H]4CC(NC(=O)CCC(C(=O)O)N(CCN(CC(=O)O)CC(=O)O)CCN(CC(=O)O)CC(=O)O)CC[C@]4(C)C3CC[C@]12C.[Gd+3]. The smallest absolute Gasteiger partial charge is 0.481 e. The minimum absolute atomic E-state index is 0. The van der Waals surface area contributed by atoms with Gasteiger partial charge in [0.1, 0.15) is 6.04 Å². The number of hydrogen-bond acceptors (Lipinski definition) is 10. The molecule has 333 valence electrons. The van der Waals surface area contributed by atoms with Crippen molar-refractivity contribution in [2.24, 2.45) is 46.3 Å². The Hall–Kier alpha value is -2.51. The van der Waals surface area contributed by atoms with Gasteiger partial charge in [-0.2, -0.15) is 0 Å². The van der Waals surface area contributed by atoms with Crippen molar-refractivity contribution >= 4 is 41.7 Å². The molecular weight excluding hydrogens is 914 g/mol. The van der Waals surface area contributed by atoms with E-state index in [-0.39, 0.29) is 108 Å². The molecule has 0 aromatic heterocycles. The van der Waals surface area contributed by atoms with Crippen LogP contribution in [0.3, 0.4) is 0 Å². The normalized spacial score (nSPS) is 29.7. The van der Waals surface area contributed by atoms with Gasteiger partial charge >= 0.3 is 75.8 Å². The van der Waals surface area contributed by atoms with Crippen molar-refractivity contribution in [2.75, 3.05) is 52.4 Å². The summed E-state index contributed by atoms with van der Waals surface area (Å²) in [6, 6.07) is -1.33. The first kappa shape index (κ1) is 50.8. The average Bonchev–Trinajstić information content (AvgIpc) is 3.47. The van der Waals surface area contributed by atoms with Crippen LogP contribution in [0.5, 0.6) is 0 Å². The van der Waals surface area contributed by atoms with Crippen LogP contribution in [0.4, 0.5) is 0 Å². The maximum Gasteiger partial charge on any atom is 3.00 e. The van der Waals surface area contributed by atoms with Crippen LogP contribution in [-0.4, -0.2) is 152 Å². The van der Waals surface area contributed by atoms with Gasteiger partial charge in [-0.15, -0.1) is 0 Å². The fourth-order valence-electron chi connectivity index (χ4n) is 12.1. The Morgan fingerprint density at radius 1 is 0.627 bits per heavy atom. The molecule has 0 aromatic carbocycles. The molecule has 10 atom stereocenters. The molecule has 0 bridgehead atoms. The van der Waals surface area contributed by atoms with Crippen LogP contribution in [0, 0.1) is 86.3 Å². The van der Waals surface area contributed by atoms with Gasteiger partial charge in [0.15, 0.2) is 0 Å². The summed E-state index contributed by atoms with van der Waals surface area (Å²) in [5.74, 6) is -4.14. The summed E-state index contributed by atoms with van der Waals surface area (Å²) >= 11 is 0. The Bertz CT molecular complexity index is 1450. The third-order valence-corrected chi connectivity index (χ3v) is 14.8. The van der Waals surface area contributed by atoms with E-state index in [4.69, 9.17) is 0 Å². The molecule has 17 nitrogen and oxygen atoms in total. The summed E-state index contributed by atoms with van der Waals surface area (Å²) in [6.45, 7) is 4.07. The van der Waals surface area contributed by atoms with Crippen LogP contribution in [0.25, 0.3) is 0 Å². The molecule has 4 rings (SSSR count). The zero-order valence-electron chi connectivity index (χ0n) is 34.7. The Morgan fingerprint density at radius 2 is 1.15 bits per heavy atom. The number of hydrogen-bond donors (Lipinski definition) is 7. The standard InChI is InChI=1S/C41H66N4O13.Gd/c1-25(4-11-34(47)48)29-7-8-30-28-6-5-26-20-27(12-14-40(26,2)31(28)13-15-41(29,30)3)42-33(46)10-9-32(39(57)58)45(18-16-43(21-35(49)50)22-36(51)52)19-17-44(23-37(53)54)24-38(55)56;/h25-32H,4-24H2,1-3H3,(H,42,46)(H,47,48)(H,49,50)(H,51,52)(H,53,54)(H,55,56)(H,57,58);/q;+3/t25?,26-,27?,28?,29?,30?,31?,32?,40+,41-;/m1./s1. The van der Waals surface area contributed by atoms with E-state index >= 15 is 0 Å². The third kappa shape index (κ3) is 13.7. The predicted molar refractivity (Wildman–Crippen MR) is 209 cm³/mol. The topological polar surface area (TPSA) is 263 Å². The van der Waals surface area contributed by atoms with Crippen LogP contribution in [0.15, 0.2) is 0 Å². The van der Waals surface area contributed by atoms with Gasteiger partial charge in [0.25, 0.3) is 0 Å². The van der Waals surface area contributed by atoms with Gasteiger partial charge in [-0.3, -0.25) is 48.3 Å². The van der Waals surface area contributed by atoms with E-state index < -0.39 is 68.0 Å². The number of carbonyl (C=O) groups excluding carboxylic acids is 1. The number of nitrogens with zero attached hydrogens (tertiary/aromatic N) is 3. The maximum atomic E-state index is 13.4. The molecule has 7 unspecified atom stereocenters. The average molecular weight is 980 g/mol. The van der Waals surface area contributed by atoms with E-state index in [1.165, 1.54) is 30.6 Å². The molecule has 18 heteroatoms. The Balaban J connectivity index is 0.00000930. The van der Waals surface area contributed by atoms with Gasteiger partial charge in [0, 0.05) is 45.1 Å². The second-order valence-electron chi connectivity index (χ2n) is 18.3. The van der Waals surface area contributed by atoms with Crippen molar-refractivity contribution < 1.29 is 104 Å². The van der Waals surface area contributed by atoms with Gasteiger partial charge in [0.05, 0.1) is 26.2 Å². The monoisotopic (exact) mass is 980 g/mol. The molecule has 0 aliphatic heterocycles. The fraction of sp³-hybridized carbons (Fsp3) is 0.829. The number of nitrogens with one attached hydrogen (secondary N) is 1. The third-order valence-electron chi connectivity index (χ3n) is 14.8. The molecule has 4 aliphatic carbocycles. The first-order chi connectivity index (χ1) is 27.2. The molecule has 59 heavy (non-hydrogen) atoms. The summed E-state index contributed by atoms with van der Waals surface area (Å²) in [6.07, 6.45) is 10.3. The van der Waals surface area contributed by atoms with E-state index in [1.54, 1.807) is 0 Å². The van der Waals surface area contributed by atoms with Crippen molar-refractivity contribution in [3.63, 3.8) is 0 Å². The van der Waals surface area contributed by atoms with E-state index in [9.17, 15) is 64.2 Å². The first-order valence-corrected chi connectivity index (χ1v) is 21.0. The van der Waals surface area contributed by atoms with Crippen LogP contribution >= 0.6 is 0 Å². The molecule has 0 aromatic rings. The van der Waals surface area contributed by atoms with Gasteiger partial charge < -0.3 is 36.0 Å². The van der Waals surface area contributed by atoms with Crippen LogP contribution < -0.4 is 5.32 Å². The zero-order chi connectivity index (χ0) is 42.9. The summed E-state index contributed by atoms with van der Waals surface area (Å²) in [5.41, 5.74) is 0.404. The van der Waals surface area contributed by atoms with E-state index in [0.717, 1.165) is 48.3 Å². The molecule has 4 saturated carbocycles. The van der Waals surface area contributed by atoms with Crippen LogP contribution in [0.1, 0.15) is 104 Å². The van der Waals surface area contributed by atoms with Crippen molar-refractivity contribution in [1.29, 1.82) is 0 Å². The number of carbonyl (C=O) groups is 7. The number of fused-ring (bicyclic) bond motifs is 5. The van der Waals surface area contributed by atoms with Crippen molar-refractivity contribution in [3.8, 4) is 0 Å². The Morgan fingerprint density at radius 3 is 1.66 bits per heavy atom. The minimum atomic E-state index is -1.28. The largest absolute Gasteiger partial charge is 3.00 e. The second kappa shape index (κ2) is 22.5. The summed E-state index contributed by atoms with van der Waals surface area (Å²) in [4.78, 5) is 86.6. The van der Waals surface area contributed by atoms with Gasteiger partial charge in [0.2, 0.25) is 5.91 Å². The maximum absolute atomic E-state index is 13.4. The van der Waals surface area contributed by atoms with E-state index in [2.05, 4.69) is 26.1 Å². The minimum Gasteiger partial charge on any atom is -0.481 e. The number of carboxylic acid groups (broad SMARTS) is 6. The Kier molecular flexibility index (Phi) is 19.4. The van der Waals surface area contributed by atoms with E-state index in [1.807, 2.05) is 0 Å². The predicted octanol–water partition coefficient (Wildman–Crippen LogP) is 3.11. The quantitative estimate of drug-likeness (QED) is 0.0733. The van der Waals surface area contributed by atoms with Crippen molar-refractivity contribution in [3.05, 3.63) is 0 Å². The molecule has 4 aliphatic rings. The van der Waals surface area contributed by atoms with Gasteiger partial charge in [-0.1, -0.05) is 20.8 Å². The summed E-state index contributed by atoms with van der Waals surface area (Å²) in [7, 11) is 0. The Labute approximate surface area is 378 Å². The second-order valence-corrected chi connectivity index (χ2v) is 18.3. The van der Waals surface area contributed by atoms with Gasteiger partial charge in [-0.25, -0.2) is 0 Å². The summed E-state index contributed by atoms with van der Waals surface area (Å²) in [5, 5.41) is 59.9. The molecule has 7 N–H and O–H groups in total. The first-order valence-electron chi connectivity index (χ1n) is 21.0. The number of amides is 1. The zero-order valence-corrected chi connectivity index (χ0v) is 37.0. The van der Waals surface area contributed by atoms with Crippen LogP contribution in [0.2, 0.25) is 0 Å². The molecule has 1 radical (unpaired) electrons. The molecule has 0 heterocycles. The molecule has 0 spiro atoms. The van der Waals surface area contributed by atoms with Crippen LogP contribution in [-0.2, 0) is 33.6 Å². The van der Waals surface area contributed by atoms with Gasteiger partial charge in [-0.05, 0) is 117 Å². The van der Waals surface area contributed by atoms with Crippen molar-refractivity contribution in [1.82, 2.24) is 20.0 Å². The number of rotatable bonds is 24.